The summed E-state index contributed by atoms with van der Waals surface area (Å²) < 4.78 is 11.0. The van der Waals surface area contributed by atoms with Crippen molar-refractivity contribution in [2.24, 2.45) is 46.8 Å². The highest BCUT2D eigenvalue weighted by Crippen LogP contribution is 2.93. The van der Waals surface area contributed by atoms with Gasteiger partial charge >= 0.3 is 0 Å². The fourth-order valence-corrected chi connectivity index (χ4v) is 8.05. The molecule has 0 N–H and O–H groups in total. The number of amides is 1. The molecule has 6 aliphatic rings. The number of Topliss-reactive ketones (excluding diaryl/α,β-unsaturated/α-hetero) is 1. The monoisotopic (exact) mass is 349 g/mol. The Bertz CT molecular complexity index is 895. The Labute approximate surface area is 150 Å². The first kappa shape index (κ1) is 13.8. The molecule has 5 nitrogen and oxygen atoms in total. The molecule has 26 heavy (non-hydrogen) atoms. The number of ketones is 1. The molecule has 8 atom stereocenters. The van der Waals surface area contributed by atoms with Gasteiger partial charge in [-0.25, -0.2) is 0 Å². The zero-order valence-electron chi connectivity index (χ0n) is 14.2. The zero-order chi connectivity index (χ0) is 17.2. The molecule has 2 heterocycles. The summed E-state index contributed by atoms with van der Waals surface area (Å²) in [4.78, 5) is 28.5. The molecule has 8 rings (SSSR count). The second kappa shape index (κ2) is 4.16. The molecule has 0 radical (unpaired) electrons. The van der Waals surface area contributed by atoms with Crippen molar-refractivity contribution < 1.29 is 18.4 Å². The fourth-order valence-electron chi connectivity index (χ4n) is 8.05. The van der Waals surface area contributed by atoms with E-state index in [2.05, 4.69) is 0 Å². The lowest BCUT2D eigenvalue weighted by molar-refractivity contribution is -0.256. The van der Waals surface area contributed by atoms with Gasteiger partial charge in [0.05, 0.1) is 31.0 Å². The van der Waals surface area contributed by atoms with Crippen molar-refractivity contribution in [2.75, 3.05) is 0 Å². The van der Waals surface area contributed by atoms with Crippen molar-refractivity contribution in [2.45, 2.75) is 19.5 Å². The largest absolute Gasteiger partial charge is 0.467 e. The second-order valence-corrected chi connectivity index (χ2v) is 8.85. The van der Waals surface area contributed by atoms with Crippen LogP contribution in [0.1, 0.15) is 17.9 Å². The third kappa shape index (κ3) is 1.21. The van der Waals surface area contributed by atoms with Gasteiger partial charge in [0.2, 0.25) is 5.91 Å². The number of furan rings is 2. The number of hydrogen-bond donors (Lipinski definition) is 0. The predicted molar refractivity (Wildman–Crippen MR) is 88.2 cm³/mol. The van der Waals surface area contributed by atoms with Gasteiger partial charge in [0.25, 0.3) is 0 Å². The van der Waals surface area contributed by atoms with Crippen LogP contribution in [0.2, 0.25) is 0 Å². The molecular weight excluding hydrogens is 330 g/mol. The van der Waals surface area contributed by atoms with E-state index >= 15 is 0 Å². The Morgan fingerprint density at radius 3 is 2.35 bits per heavy atom. The molecule has 4 bridgehead atoms. The first-order chi connectivity index (χ1) is 12.7. The Balaban J connectivity index is 1.26. The molecule has 2 aromatic rings. The summed E-state index contributed by atoms with van der Waals surface area (Å²) in [6.45, 7) is 0.857. The average molecular weight is 349 g/mol. The van der Waals surface area contributed by atoms with Crippen LogP contribution in [-0.4, -0.2) is 16.6 Å². The van der Waals surface area contributed by atoms with Crippen LogP contribution in [0, 0.1) is 46.8 Å². The van der Waals surface area contributed by atoms with Gasteiger partial charge in [-0.15, -0.1) is 0 Å². The normalized spacial score (nSPS) is 45.1. The number of carbonyl (C=O) groups is 2. The fraction of sp³-hybridized carbons (Fsp3) is 0.524. The van der Waals surface area contributed by atoms with E-state index in [0.717, 1.165) is 11.5 Å². The van der Waals surface area contributed by atoms with Gasteiger partial charge < -0.3 is 13.7 Å². The van der Waals surface area contributed by atoms with Crippen molar-refractivity contribution in [3.8, 4) is 0 Å². The van der Waals surface area contributed by atoms with Crippen molar-refractivity contribution in [1.82, 2.24) is 4.90 Å². The van der Waals surface area contributed by atoms with Gasteiger partial charge in [0, 0.05) is 11.8 Å². The number of carbonyl (C=O) groups excluding carboxylic acids is 2. The minimum Gasteiger partial charge on any atom is -0.467 e. The second-order valence-electron chi connectivity index (χ2n) is 8.85. The minimum absolute atomic E-state index is 0.00875. The molecule has 0 aromatic carbocycles. The Kier molecular flexibility index (Phi) is 2.21. The van der Waals surface area contributed by atoms with E-state index in [1.54, 1.807) is 12.5 Å². The Morgan fingerprint density at radius 2 is 1.77 bits per heavy atom. The lowest BCUT2D eigenvalue weighted by Gasteiger charge is -2.70. The SMILES string of the molecule is O=C1C2C3CC4C2C2(C(=O)N(Cc5ccco5)Cc5ccco5)C1C3C42. The van der Waals surface area contributed by atoms with Crippen molar-refractivity contribution >= 4 is 11.7 Å². The van der Waals surface area contributed by atoms with Crippen LogP contribution in [-0.2, 0) is 22.7 Å². The van der Waals surface area contributed by atoms with Crippen LogP contribution in [0.15, 0.2) is 45.6 Å². The molecule has 5 heteroatoms. The molecule has 6 saturated carbocycles. The third-order valence-electron chi connectivity index (χ3n) is 8.37. The number of nitrogens with zero attached hydrogens (tertiary/aromatic N) is 1. The van der Waals surface area contributed by atoms with E-state index in [4.69, 9.17) is 8.83 Å². The third-order valence-corrected chi connectivity index (χ3v) is 8.37. The van der Waals surface area contributed by atoms with Crippen LogP contribution in [0.3, 0.4) is 0 Å². The first-order valence-corrected chi connectivity index (χ1v) is 9.60. The average Bonchev–Trinajstić information content (AvgIpc) is 3.39. The summed E-state index contributed by atoms with van der Waals surface area (Å²) in [5.74, 6) is 4.85. The molecule has 0 saturated heterocycles. The van der Waals surface area contributed by atoms with Crippen molar-refractivity contribution in [3.63, 3.8) is 0 Å². The van der Waals surface area contributed by atoms with E-state index in [1.165, 1.54) is 6.42 Å². The molecule has 2 aromatic heterocycles. The molecule has 6 fully saturated rings. The Morgan fingerprint density at radius 1 is 1.08 bits per heavy atom. The van der Waals surface area contributed by atoms with Gasteiger partial charge in [-0.2, -0.15) is 0 Å². The number of rotatable bonds is 5. The molecule has 8 unspecified atom stereocenters. The molecule has 6 aliphatic carbocycles. The molecule has 0 spiro atoms. The summed E-state index contributed by atoms with van der Waals surface area (Å²) in [5.41, 5.74) is -0.386. The summed E-state index contributed by atoms with van der Waals surface area (Å²) in [7, 11) is 0. The first-order valence-electron chi connectivity index (χ1n) is 9.60. The van der Waals surface area contributed by atoms with Crippen molar-refractivity contribution in [1.29, 1.82) is 0 Å². The van der Waals surface area contributed by atoms with Gasteiger partial charge in [-0.05, 0) is 60.3 Å². The van der Waals surface area contributed by atoms with Gasteiger partial charge in [0.15, 0.2) is 0 Å². The highest BCUT2D eigenvalue weighted by molar-refractivity contribution is 6.04. The summed E-state index contributed by atoms with van der Waals surface area (Å²) in [6.07, 6.45) is 4.46. The predicted octanol–water partition coefficient (Wildman–Crippen LogP) is 2.73. The molecule has 0 aliphatic heterocycles. The summed E-state index contributed by atoms with van der Waals surface area (Å²) in [5, 5.41) is 0. The van der Waals surface area contributed by atoms with E-state index in [0.29, 0.717) is 48.5 Å². The van der Waals surface area contributed by atoms with Crippen molar-refractivity contribution in [3.05, 3.63) is 48.3 Å². The van der Waals surface area contributed by atoms with Gasteiger partial charge in [0.1, 0.15) is 17.3 Å². The molecule has 1 amide bonds. The van der Waals surface area contributed by atoms with E-state index in [9.17, 15) is 9.59 Å². The maximum Gasteiger partial charge on any atom is 0.230 e. The van der Waals surface area contributed by atoms with E-state index < -0.39 is 0 Å². The van der Waals surface area contributed by atoms with Crippen LogP contribution in [0.5, 0.6) is 0 Å². The Hall–Kier alpha value is -2.30. The molecular formula is C21H19NO4. The smallest absolute Gasteiger partial charge is 0.230 e. The van der Waals surface area contributed by atoms with Crippen LogP contribution in [0.25, 0.3) is 0 Å². The van der Waals surface area contributed by atoms with Crippen LogP contribution < -0.4 is 0 Å². The quantitative estimate of drug-likeness (QED) is 0.833. The van der Waals surface area contributed by atoms with Gasteiger partial charge in [-0.1, -0.05) is 0 Å². The zero-order valence-corrected chi connectivity index (χ0v) is 14.2. The number of hydrogen-bond acceptors (Lipinski definition) is 4. The lowest BCUT2D eigenvalue weighted by Crippen LogP contribution is -2.75. The minimum atomic E-state index is -0.386. The maximum absolute atomic E-state index is 13.8. The lowest BCUT2D eigenvalue weighted by atomic mass is 9.31. The highest BCUT2D eigenvalue weighted by Gasteiger charge is 2.96. The van der Waals surface area contributed by atoms with Gasteiger partial charge in [-0.3, -0.25) is 9.59 Å². The summed E-state index contributed by atoms with van der Waals surface area (Å²) >= 11 is 0. The summed E-state index contributed by atoms with van der Waals surface area (Å²) in [6, 6.07) is 7.48. The van der Waals surface area contributed by atoms with E-state index in [-0.39, 0.29) is 23.2 Å². The topological polar surface area (TPSA) is 63.7 Å². The maximum atomic E-state index is 13.8. The van der Waals surface area contributed by atoms with E-state index in [1.807, 2.05) is 29.2 Å². The highest BCUT2D eigenvalue weighted by atomic mass is 16.3. The standard InChI is InChI=1S/C21H19NO4/c23-19-15-12-7-13-16-14(12)18(19)21(16,17(13)15)20(24)22(8-10-3-1-5-25-10)9-11-4-2-6-26-11/h1-6,12-18H,7-9H2. The van der Waals surface area contributed by atoms with Crippen LogP contribution >= 0.6 is 0 Å². The molecule has 132 valence electrons. The van der Waals surface area contributed by atoms with Crippen LogP contribution in [0.4, 0.5) is 0 Å².